The van der Waals surface area contributed by atoms with Crippen LogP contribution in [0.1, 0.15) is 14.9 Å². The van der Waals surface area contributed by atoms with Crippen molar-refractivity contribution in [1.82, 2.24) is 9.13 Å². The van der Waals surface area contributed by atoms with Gasteiger partial charge in [0.1, 0.15) is 0 Å². The molecule has 0 aliphatic rings. The quantitative estimate of drug-likeness (QED) is 0.127. The number of rotatable bonds is 0. The van der Waals surface area contributed by atoms with Gasteiger partial charge < -0.3 is 9.13 Å². The molecule has 0 atom stereocenters. The van der Waals surface area contributed by atoms with E-state index >= 15 is 0 Å². The SMILES string of the molecule is C.C.Cn1c2ccc(Br)cc2c2c3ccccc3ccc21.Cn1c2ccccc2c2c3ccccc3ccc21.[B]=NS. The molecule has 42 heavy (non-hydrogen) atoms. The summed E-state index contributed by atoms with van der Waals surface area (Å²) in [7, 11) is 8.61. The molecule has 0 unspecified atom stereocenters. The van der Waals surface area contributed by atoms with Crippen LogP contribution in [0.4, 0.5) is 0 Å². The van der Waals surface area contributed by atoms with Gasteiger partial charge in [0.15, 0.2) is 0 Å². The van der Waals surface area contributed by atoms with Gasteiger partial charge in [-0.25, -0.2) is 0 Å². The van der Waals surface area contributed by atoms with Crippen LogP contribution in [0.2, 0.25) is 0 Å². The molecule has 0 aliphatic heterocycles. The molecule has 0 aliphatic carbocycles. The van der Waals surface area contributed by atoms with E-state index in [1.807, 2.05) is 0 Å². The second-order valence-electron chi connectivity index (χ2n) is 9.77. The van der Waals surface area contributed by atoms with Crippen molar-refractivity contribution in [2.45, 2.75) is 14.9 Å². The van der Waals surface area contributed by atoms with Gasteiger partial charge in [-0.2, -0.15) is 0 Å². The fraction of sp³-hybridized carbons (Fsp3) is 0.111. The number of para-hydroxylation sites is 1. The summed E-state index contributed by atoms with van der Waals surface area (Å²) in [6.07, 6.45) is 0. The first-order valence-corrected chi connectivity index (χ1v) is 14.2. The molecule has 0 N–H and O–H groups in total. The number of hydrogen-bond donors (Lipinski definition) is 1. The van der Waals surface area contributed by atoms with Crippen LogP contribution in [0.3, 0.4) is 0 Å². The first-order valence-electron chi connectivity index (χ1n) is 13.0. The molecule has 6 aromatic carbocycles. The number of fused-ring (bicyclic) bond motifs is 10. The maximum absolute atomic E-state index is 4.34. The van der Waals surface area contributed by atoms with Crippen LogP contribution in [-0.4, -0.2) is 16.8 Å². The van der Waals surface area contributed by atoms with Crippen molar-refractivity contribution in [1.29, 1.82) is 0 Å². The number of halogens is 1. The number of nitrogens with zero attached hydrogens (tertiary/aromatic N) is 3. The molecule has 0 saturated heterocycles. The molecule has 209 valence electrons. The molecule has 0 fully saturated rings. The molecular weight excluding hydrogens is 597 g/mol. The Balaban J connectivity index is 0.000000169. The molecule has 2 aromatic heterocycles. The minimum absolute atomic E-state index is 0. The van der Waals surface area contributed by atoms with Crippen molar-refractivity contribution in [3.63, 3.8) is 0 Å². The Hall–Kier alpha value is -3.87. The third-order valence-corrected chi connectivity index (χ3v) is 8.15. The maximum atomic E-state index is 4.34. The Kier molecular flexibility index (Phi) is 9.60. The summed E-state index contributed by atoms with van der Waals surface area (Å²) in [6, 6.07) is 41.1. The van der Waals surface area contributed by atoms with E-state index < -0.39 is 0 Å². The van der Waals surface area contributed by atoms with Crippen molar-refractivity contribution in [3.8, 4) is 0 Å². The Morgan fingerprint density at radius 3 is 1.50 bits per heavy atom. The second-order valence-corrected chi connectivity index (χ2v) is 10.9. The zero-order valence-electron chi connectivity index (χ0n) is 22.2. The van der Waals surface area contributed by atoms with Gasteiger partial charge in [-0.05, 0) is 57.9 Å². The van der Waals surface area contributed by atoms with Crippen molar-refractivity contribution < 1.29 is 0 Å². The first kappa shape index (κ1) is 31.1. The van der Waals surface area contributed by atoms with Gasteiger partial charge in [-0.3, -0.25) is 0 Å². The van der Waals surface area contributed by atoms with Crippen molar-refractivity contribution in [2.24, 2.45) is 18.4 Å². The summed E-state index contributed by atoms with van der Waals surface area (Å²) in [5, 5.41) is 10.6. The van der Waals surface area contributed by atoms with Gasteiger partial charge in [-0.15, -0.1) is 0 Å². The van der Waals surface area contributed by atoms with E-state index in [4.69, 9.17) is 0 Å². The summed E-state index contributed by atoms with van der Waals surface area (Å²) >= 11 is 6.77. The van der Waals surface area contributed by atoms with Crippen LogP contribution in [0.15, 0.2) is 124 Å². The van der Waals surface area contributed by atoms with Crippen LogP contribution < -0.4 is 0 Å². The number of benzene rings is 6. The average molecular weight is 631 g/mol. The zero-order chi connectivity index (χ0) is 27.8. The van der Waals surface area contributed by atoms with Crippen LogP contribution in [0, 0.1) is 0 Å². The monoisotopic (exact) mass is 630 g/mol. The minimum atomic E-state index is 0. The Morgan fingerprint density at radius 1 is 0.548 bits per heavy atom. The Labute approximate surface area is 262 Å². The molecule has 8 rings (SSSR count). The second kappa shape index (κ2) is 13.0. The van der Waals surface area contributed by atoms with E-state index in [1.54, 1.807) is 0 Å². The molecule has 8 aromatic rings. The van der Waals surface area contributed by atoms with E-state index in [1.165, 1.54) is 65.2 Å². The van der Waals surface area contributed by atoms with Gasteiger partial charge >= 0.3 is 24.8 Å². The Morgan fingerprint density at radius 2 is 0.952 bits per heavy atom. The molecular formula is C36H34BBrN3S. The molecule has 2 heterocycles. The first-order chi connectivity index (χ1) is 19.5. The van der Waals surface area contributed by atoms with Crippen molar-refractivity contribution in [3.05, 3.63) is 120 Å². The molecule has 3 nitrogen and oxygen atoms in total. The molecule has 0 saturated carbocycles. The summed E-state index contributed by atoms with van der Waals surface area (Å²) < 4.78 is 8.36. The summed E-state index contributed by atoms with van der Waals surface area (Å²) in [5.74, 6) is 0. The topological polar surface area (TPSA) is 22.2 Å². The van der Waals surface area contributed by atoms with Crippen molar-refractivity contribution in [2.75, 3.05) is 0 Å². The molecule has 0 spiro atoms. The van der Waals surface area contributed by atoms with Gasteiger partial charge in [0.2, 0.25) is 0 Å². The fourth-order valence-electron chi connectivity index (χ4n) is 5.88. The van der Waals surface area contributed by atoms with Gasteiger partial charge in [-0.1, -0.05) is 110 Å². The Bertz CT molecular complexity index is 2200. The third-order valence-electron chi connectivity index (χ3n) is 7.66. The van der Waals surface area contributed by atoms with Crippen LogP contribution in [0.25, 0.3) is 65.2 Å². The normalized spacial score (nSPS) is 10.5. The van der Waals surface area contributed by atoms with Crippen LogP contribution >= 0.6 is 28.7 Å². The fourth-order valence-corrected chi connectivity index (χ4v) is 6.24. The van der Waals surface area contributed by atoms with E-state index in [9.17, 15) is 0 Å². The van der Waals surface area contributed by atoms with E-state index in [-0.39, 0.29) is 14.9 Å². The number of thiol groups is 1. The predicted molar refractivity (Wildman–Crippen MR) is 194 cm³/mol. The van der Waals surface area contributed by atoms with E-state index in [0.717, 1.165) is 4.47 Å². The average Bonchev–Trinajstić information content (AvgIpc) is 3.45. The van der Waals surface area contributed by atoms with Gasteiger partial charge in [0.05, 0.1) is 0 Å². The number of hydrogen-bond acceptors (Lipinski definition) is 2. The van der Waals surface area contributed by atoms with Gasteiger partial charge in [0, 0.05) is 62.2 Å². The molecule has 1 radical (unpaired) electrons. The number of aromatic nitrogens is 2. The van der Waals surface area contributed by atoms with Crippen molar-refractivity contribution >= 4 is 102 Å². The summed E-state index contributed by atoms with van der Waals surface area (Å²) in [5.41, 5.74) is 5.15. The zero-order valence-corrected chi connectivity index (χ0v) is 24.7. The van der Waals surface area contributed by atoms with E-state index in [2.05, 4.69) is 179 Å². The number of aryl methyl sites for hydroxylation is 2. The standard InChI is InChI=1S/C17H12BrN.C17H13N.2CH4.BHNS/c1-19-15-9-7-12(18)10-14(15)17-13-5-3-2-4-11(13)6-8-16(17)19;1-18-15-9-5-4-8-14(15)17-13-7-3-2-6-12(13)10-11-16(17)18;;;1-2-3/h2-10H,1H3;2-11H,1H3;2*1H4;3H. The molecule has 0 bridgehead atoms. The van der Waals surface area contributed by atoms with Crippen LogP contribution in [0.5, 0.6) is 0 Å². The third kappa shape index (κ3) is 5.25. The van der Waals surface area contributed by atoms with E-state index in [0.29, 0.717) is 0 Å². The predicted octanol–water partition coefficient (Wildman–Crippen LogP) is 11.2. The van der Waals surface area contributed by atoms with Crippen LogP contribution in [-0.2, 0) is 14.1 Å². The molecule has 0 amide bonds. The summed E-state index contributed by atoms with van der Waals surface area (Å²) in [4.78, 5) is 0. The van der Waals surface area contributed by atoms with Gasteiger partial charge in [0.25, 0.3) is 0 Å². The summed E-state index contributed by atoms with van der Waals surface area (Å²) in [6.45, 7) is 0. The molecule has 6 heteroatoms.